The molecule has 0 amide bonds. The Morgan fingerprint density at radius 3 is 2.49 bits per heavy atom. The predicted octanol–water partition coefficient (Wildman–Crippen LogP) is 4.05. The van der Waals surface area contributed by atoms with Crippen LogP contribution in [0.15, 0.2) is 36.5 Å². The van der Waals surface area contributed by atoms with Gasteiger partial charge in [-0.3, -0.25) is 4.90 Å². The summed E-state index contributed by atoms with van der Waals surface area (Å²) < 4.78 is 0.527. The van der Waals surface area contributed by atoms with Crippen molar-refractivity contribution in [3.63, 3.8) is 0 Å². The van der Waals surface area contributed by atoms with Gasteiger partial charge in [0.05, 0.1) is 19.1 Å². The summed E-state index contributed by atoms with van der Waals surface area (Å²) in [5.41, 5.74) is -0.822. The molecule has 5 saturated heterocycles. The third-order valence-corrected chi connectivity index (χ3v) is 11.7. The van der Waals surface area contributed by atoms with E-state index in [2.05, 4.69) is 23.1 Å². The molecule has 6 bridgehead atoms. The van der Waals surface area contributed by atoms with Crippen molar-refractivity contribution in [3.05, 3.63) is 36.5 Å². The van der Waals surface area contributed by atoms with Crippen molar-refractivity contribution >= 4 is 0 Å². The molecule has 5 heteroatoms. The maximum Gasteiger partial charge on any atom is 0.147 e. The van der Waals surface area contributed by atoms with E-state index in [1.165, 1.54) is 44.9 Å². The highest BCUT2D eigenvalue weighted by Crippen LogP contribution is 2.73. The van der Waals surface area contributed by atoms with Crippen molar-refractivity contribution in [1.82, 2.24) is 4.90 Å². The molecule has 206 valence electrons. The van der Waals surface area contributed by atoms with E-state index in [0.29, 0.717) is 16.3 Å². The van der Waals surface area contributed by atoms with Gasteiger partial charge in [-0.15, -0.1) is 0 Å². The fourth-order valence-electron chi connectivity index (χ4n) is 10.7. The number of quaternary nitrogens is 1. The Morgan fingerprint density at radius 2 is 1.65 bits per heavy atom. The highest BCUT2D eigenvalue weighted by atomic mass is 16.3. The number of piperidine rings is 2. The van der Waals surface area contributed by atoms with Crippen molar-refractivity contribution < 1.29 is 19.8 Å². The minimum Gasteiger partial charge on any atom is -0.806 e. The summed E-state index contributed by atoms with van der Waals surface area (Å²) in [5.74, 6) is 0.852. The van der Waals surface area contributed by atoms with E-state index >= 15 is 5.11 Å². The molecule has 6 fully saturated rings. The van der Waals surface area contributed by atoms with Crippen molar-refractivity contribution in [3.8, 4) is 0 Å². The maximum absolute atomic E-state index is 15.1. The van der Waals surface area contributed by atoms with Crippen LogP contribution in [0, 0.1) is 17.3 Å². The van der Waals surface area contributed by atoms with Crippen LogP contribution in [0.5, 0.6) is 0 Å². The standard InChI is InChI=1S/C32H50N2O3/c35-27-17-13-9-5-1-4-8-12-16-22-34-24-25-23-31(30(34)37)19-14-10-6-2-3-7-11-15-20-33-21-18-26(25)32(34,28(27)36)29(31)33/h4-5,8-9,13,17,25-30,35-36H,1-3,6-7,10-12,14-16,18-24H2/b8-4-,9-5?,17-13+. The first-order chi connectivity index (χ1) is 18.1. The van der Waals surface area contributed by atoms with Crippen LogP contribution in [0.1, 0.15) is 89.9 Å². The van der Waals surface area contributed by atoms with Crippen molar-refractivity contribution in [2.45, 2.75) is 120 Å². The molecule has 1 aliphatic carbocycles. The first-order valence-electron chi connectivity index (χ1n) is 15.7. The Morgan fingerprint density at radius 1 is 0.865 bits per heavy atom. The molecule has 9 unspecified atom stereocenters. The normalized spacial score (nSPS) is 50.8. The topological polar surface area (TPSA) is 66.8 Å². The number of aliphatic hydroxyl groups excluding tert-OH is 2. The molecule has 0 aromatic heterocycles. The Balaban J connectivity index is 1.48. The smallest absolute Gasteiger partial charge is 0.147 e. The molecule has 1 saturated carbocycles. The summed E-state index contributed by atoms with van der Waals surface area (Å²) >= 11 is 0. The number of aliphatic hydroxyl groups is 2. The molecule has 2 N–H and O–H groups in total. The Bertz CT molecular complexity index is 902. The second-order valence-electron chi connectivity index (χ2n) is 13.4. The van der Waals surface area contributed by atoms with E-state index in [0.717, 1.165) is 71.1 Å². The number of allylic oxidation sites excluding steroid dienone is 5. The lowest BCUT2D eigenvalue weighted by molar-refractivity contribution is -1.04. The van der Waals surface area contributed by atoms with Crippen molar-refractivity contribution in [2.24, 2.45) is 17.3 Å². The van der Waals surface area contributed by atoms with E-state index in [-0.39, 0.29) is 11.5 Å². The summed E-state index contributed by atoms with van der Waals surface area (Å²) in [6.07, 6.45) is 25.8. The molecule has 6 aliphatic heterocycles. The molecule has 6 heterocycles. The van der Waals surface area contributed by atoms with Gasteiger partial charge in [0, 0.05) is 23.5 Å². The minimum absolute atomic E-state index is 0.0952. The first kappa shape index (κ1) is 26.3. The Labute approximate surface area is 224 Å². The van der Waals surface area contributed by atoms with Gasteiger partial charge < -0.3 is 19.8 Å². The molecule has 0 aromatic carbocycles. The van der Waals surface area contributed by atoms with Gasteiger partial charge in [-0.25, -0.2) is 0 Å². The van der Waals surface area contributed by atoms with Crippen LogP contribution in [-0.4, -0.2) is 75.8 Å². The fourth-order valence-corrected chi connectivity index (χ4v) is 10.7. The van der Waals surface area contributed by atoms with Crippen LogP contribution in [0.25, 0.3) is 0 Å². The monoisotopic (exact) mass is 510 g/mol. The maximum atomic E-state index is 15.1. The molecule has 3 spiro atoms. The van der Waals surface area contributed by atoms with Gasteiger partial charge in [-0.2, -0.15) is 0 Å². The van der Waals surface area contributed by atoms with E-state index in [9.17, 15) is 10.2 Å². The van der Waals surface area contributed by atoms with Crippen LogP contribution in [-0.2, 0) is 0 Å². The molecule has 7 rings (SSSR count). The summed E-state index contributed by atoms with van der Waals surface area (Å²) in [6, 6.07) is 0.0952. The molecule has 9 atom stereocenters. The molecule has 37 heavy (non-hydrogen) atoms. The zero-order chi connectivity index (χ0) is 25.5. The van der Waals surface area contributed by atoms with Crippen molar-refractivity contribution in [2.75, 3.05) is 26.2 Å². The average Bonchev–Trinajstić information content (AvgIpc) is 3.19. The first-order valence-corrected chi connectivity index (χ1v) is 15.7. The zero-order valence-electron chi connectivity index (χ0n) is 22.9. The quantitative estimate of drug-likeness (QED) is 0.381. The lowest BCUT2D eigenvalue weighted by atomic mass is 9.52. The van der Waals surface area contributed by atoms with Gasteiger partial charge in [0.1, 0.15) is 17.7 Å². The van der Waals surface area contributed by atoms with Gasteiger partial charge in [0.2, 0.25) is 0 Å². The van der Waals surface area contributed by atoms with E-state index < -0.39 is 24.0 Å². The third kappa shape index (κ3) is 3.89. The summed E-state index contributed by atoms with van der Waals surface area (Å²) in [6.45, 7) is 3.87. The lowest BCUT2D eigenvalue weighted by Gasteiger charge is -2.59. The summed E-state index contributed by atoms with van der Waals surface area (Å²) in [4.78, 5) is 2.68. The van der Waals surface area contributed by atoms with Gasteiger partial charge >= 0.3 is 0 Å². The van der Waals surface area contributed by atoms with E-state index in [4.69, 9.17) is 0 Å². The second kappa shape index (κ2) is 10.5. The highest BCUT2D eigenvalue weighted by Gasteiger charge is 2.86. The van der Waals surface area contributed by atoms with Crippen LogP contribution in [0.3, 0.4) is 0 Å². The summed E-state index contributed by atoms with van der Waals surface area (Å²) in [7, 11) is 0. The lowest BCUT2D eigenvalue weighted by Crippen LogP contribution is -2.77. The predicted molar refractivity (Wildman–Crippen MR) is 145 cm³/mol. The number of nitrogens with zero attached hydrogens (tertiary/aromatic N) is 2. The van der Waals surface area contributed by atoms with Crippen LogP contribution >= 0.6 is 0 Å². The van der Waals surface area contributed by atoms with Gasteiger partial charge in [0.25, 0.3) is 0 Å². The number of hydrogen-bond donors (Lipinski definition) is 2. The van der Waals surface area contributed by atoms with Gasteiger partial charge in [0.15, 0.2) is 0 Å². The Kier molecular flexibility index (Phi) is 7.48. The van der Waals surface area contributed by atoms with E-state index in [1.807, 2.05) is 12.2 Å². The Hall–Kier alpha value is -0.980. The summed E-state index contributed by atoms with van der Waals surface area (Å²) in [5, 5.41) is 39.0. The molecular weight excluding hydrogens is 460 g/mol. The second-order valence-corrected chi connectivity index (χ2v) is 13.4. The molecule has 0 aromatic rings. The zero-order valence-corrected chi connectivity index (χ0v) is 22.9. The molecule has 0 radical (unpaired) electrons. The third-order valence-electron chi connectivity index (χ3n) is 11.7. The number of hydrogen-bond acceptors (Lipinski definition) is 4. The average molecular weight is 511 g/mol. The molecule has 7 aliphatic rings. The van der Waals surface area contributed by atoms with Gasteiger partial charge in [-0.05, 0) is 58.0 Å². The minimum atomic E-state index is -0.937. The van der Waals surface area contributed by atoms with Crippen LogP contribution in [0.2, 0.25) is 0 Å². The SMILES string of the molecule is [O-]C1C23CCCCCCCCCCN4CCC5C(C2)C[N+]12CCC/C=C\CC=C/C=C/C(O)C(O)C52C43. The fraction of sp³-hybridized carbons (Fsp3) is 0.812. The molecular formula is C32H50N2O3. The van der Waals surface area contributed by atoms with Crippen molar-refractivity contribution in [1.29, 1.82) is 0 Å². The largest absolute Gasteiger partial charge is 0.806 e. The van der Waals surface area contributed by atoms with E-state index in [1.54, 1.807) is 6.08 Å². The van der Waals surface area contributed by atoms with Crippen LogP contribution in [0.4, 0.5) is 0 Å². The number of rotatable bonds is 0. The molecule has 5 nitrogen and oxygen atoms in total. The highest BCUT2D eigenvalue weighted by molar-refractivity contribution is 5.28. The van der Waals surface area contributed by atoms with Gasteiger partial charge in [-0.1, -0.05) is 81.4 Å². The van der Waals surface area contributed by atoms with Crippen LogP contribution < -0.4 is 5.11 Å².